The molecule has 0 spiro atoms. The third kappa shape index (κ3) is 79.1. The Labute approximate surface area is 593 Å². The van der Waals surface area contributed by atoms with E-state index in [-0.39, 0.29) is 32.0 Å². The second-order valence-corrected chi connectivity index (χ2v) is 29.1. The van der Waals surface area contributed by atoms with Gasteiger partial charge >= 0.3 is 11.9 Å². The molecule has 0 aromatic heterocycles. The number of carbonyl (C=O) groups excluding carboxylic acids is 2. The summed E-state index contributed by atoms with van der Waals surface area (Å²) in [7, 11) is 1.17. The topological polar surface area (TPSA) is 111 Å². The van der Waals surface area contributed by atoms with E-state index >= 15 is 0 Å². The molecule has 0 N–H and O–H groups in total. The standard InChI is InChI=1S/C86H150NO8P/c1-6-8-10-12-14-16-18-20-22-24-26-28-30-32-34-36-38-40-42-43-45-47-49-51-53-55-57-59-61-63-65-67-69-71-73-75-77-79-86(89)95-84(83-94-96(90,91)93-81-80-87(3,4)5)82-92-85(88)78-76-74-72-70-68-66-64-62-60-58-56-54-52-50-48-46-44-41-39-37-35-33-31-29-27-25-23-21-19-17-15-13-11-9-7-2/h8-11,14-17,20-23,26-29,32,34,38,40,43,45,84H,6-7,12-13,18-19,24-25,30-31,33,35-37,39,41-42,44,46-83H2,1-5H3/b10-8-,11-9-,16-14-,17-15-,22-20-,23-21-,28-26-,29-27-,34-32-,40-38-,45-43-. The molecular weight excluding hydrogens is 1210 g/mol. The van der Waals surface area contributed by atoms with Crippen LogP contribution < -0.4 is 4.89 Å². The maximum Gasteiger partial charge on any atom is 0.306 e. The van der Waals surface area contributed by atoms with Crippen molar-refractivity contribution in [2.45, 2.75) is 354 Å². The predicted octanol–water partition coefficient (Wildman–Crippen LogP) is 26.1. The molecular formula is C86H150NO8P. The van der Waals surface area contributed by atoms with Gasteiger partial charge in [-0.1, -0.05) is 359 Å². The minimum atomic E-state index is -4.65. The SMILES string of the molecule is CC/C=C\C/C=C\C/C=C\C/C=C\C/C=C\C/C=C\C/C=C\CCCCCCCCCCCCCCCCCC(=O)OC(COC(=O)CCCCCCCCCCCCCCCCCCCCCCCC/C=C\C/C=C\C/C=C\C/C=C\CC)COP(=O)([O-])OCC[N+](C)(C)C. The van der Waals surface area contributed by atoms with Gasteiger partial charge in [0.25, 0.3) is 7.82 Å². The van der Waals surface area contributed by atoms with Crippen molar-refractivity contribution in [2.24, 2.45) is 0 Å². The minimum Gasteiger partial charge on any atom is -0.756 e. The number of carbonyl (C=O) groups is 2. The summed E-state index contributed by atoms with van der Waals surface area (Å²) in [6.45, 7) is 4.05. The third-order valence-electron chi connectivity index (χ3n) is 17.2. The summed E-state index contributed by atoms with van der Waals surface area (Å²) in [6, 6.07) is 0. The molecule has 0 saturated heterocycles. The van der Waals surface area contributed by atoms with E-state index in [1.165, 1.54) is 205 Å². The van der Waals surface area contributed by atoms with Crippen LogP contribution in [0.5, 0.6) is 0 Å². The molecule has 0 radical (unpaired) electrons. The first-order valence-corrected chi connectivity index (χ1v) is 41.4. The van der Waals surface area contributed by atoms with E-state index in [1.807, 2.05) is 21.1 Å². The highest BCUT2D eigenvalue weighted by molar-refractivity contribution is 7.45. The first-order valence-electron chi connectivity index (χ1n) is 39.9. The van der Waals surface area contributed by atoms with Crippen molar-refractivity contribution >= 4 is 19.8 Å². The Morgan fingerprint density at radius 1 is 0.323 bits per heavy atom. The molecule has 0 aliphatic carbocycles. The van der Waals surface area contributed by atoms with Gasteiger partial charge in [0.2, 0.25) is 0 Å². The van der Waals surface area contributed by atoms with Crippen molar-refractivity contribution < 1.29 is 42.1 Å². The van der Waals surface area contributed by atoms with Crippen LogP contribution in [0.2, 0.25) is 0 Å². The lowest BCUT2D eigenvalue weighted by atomic mass is 10.0. The molecule has 9 nitrogen and oxygen atoms in total. The molecule has 0 saturated carbocycles. The zero-order valence-corrected chi connectivity index (χ0v) is 63.9. The number of esters is 2. The van der Waals surface area contributed by atoms with Crippen molar-refractivity contribution in [1.82, 2.24) is 0 Å². The van der Waals surface area contributed by atoms with Gasteiger partial charge in [0.15, 0.2) is 6.10 Å². The summed E-state index contributed by atoms with van der Waals surface area (Å²) in [4.78, 5) is 38.2. The van der Waals surface area contributed by atoms with Crippen LogP contribution in [-0.2, 0) is 32.7 Å². The van der Waals surface area contributed by atoms with Gasteiger partial charge in [-0.15, -0.1) is 0 Å². The second kappa shape index (κ2) is 75.4. The van der Waals surface area contributed by atoms with Crippen molar-refractivity contribution in [3.8, 4) is 0 Å². The number of likely N-dealkylation sites (N-methyl/N-ethyl adjacent to an activating group) is 1. The molecule has 552 valence electrons. The van der Waals surface area contributed by atoms with Gasteiger partial charge in [-0.3, -0.25) is 14.2 Å². The molecule has 96 heavy (non-hydrogen) atoms. The van der Waals surface area contributed by atoms with Gasteiger partial charge in [0.05, 0.1) is 27.7 Å². The van der Waals surface area contributed by atoms with E-state index in [0.717, 1.165) is 109 Å². The first kappa shape index (κ1) is 92.2. The number of ether oxygens (including phenoxy) is 2. The summed E-state index contributed by atoms with van der Waals surface area (Å²) in [5.74, 6) is -0.823. The van der Waals surface area contributed by atoms with E-state index < -0.39 is 26.5 Å². The Morgan fingerprint density at radius 3 is 0.833 bits per heavy atom. The van der Waals surface area contributed by atoms with Crippen molar-refractivity contribution in [2.75, 3.05) is 47.5 Å². The molecule has 2 unspecified atom stereocenters. The van der Waals surface area contributed by atoms with Crippen molar-refractivity contribution in [3.05, 3.63) is 134 Å². The zero-order valence-electron chi connectivity index (χ0n) is 63.0. The van der Waals surface area contributed by atoms with Crippen LogP contribution in [0.25, 0.3) is 0 Å². The fraction of sp³-hybridized carbons (Fsp3) is 0.721. The van der Waals surface area contributed by atoms with Gasteiger partial charge in [-0.25, -0.2) is 0 Å². The Hall–Kier alpha value is -3.85. The molecule has 0 aromatic carbocycles. The van der Waals surface area contributed by atoms with E-state index in [1.54, 1.807) is 0 Å². The van der Waals surface area contributed by atoms with Crippen LogP contribution in [-0.4, -0.2) is 70.0 Å². The van der Waals surface area contributed by atoms with Crippen molar-refractivity contribution in [1.29, 1.82) is 0 Å². The van der Waals surface area contributed by atoms with Crippen molar-refractivity contribution in [3.63, 3.8) is 0 Å². The maximum atomic E-state index is 12.9. The zero-order chi connectivity index (χ0) is 69.7. The summed E-state index contributed by atoms with van der Waals surface area (Å²) >= 11 is 0. The Morgan fingerprint density at radius 2 is 0.562 bits per heavy atom. The van der Waals surface area contributed by atoms with E-state index in [4.69, 9.17) is 18.5 Å². The average Bonchev–Trinajstić information content (AvgIpc) is 2.72. The number of allylic oxidation sites excluding steroid dienone is 22. The minimum absolute atomic E-state index is 0.0333. The van der Waals surface area contributed by atoms with Gasteiger partial charge in [0.1, 0.15) is 19.8 Å². The summed E-state index contributed by atoms with van der Waals surface area (Å²) in [6.07, 6.45) is 110. The Bertz CT molecular complexity index is 2090. The van der Waals surface area contributed by atoms with E-state index in [0.29, 0.717) is 17.4 Å². The molecule has 0 bridgehead atoms. The summed E-state index contributed by atoms with van der Waals surface area (Å²) in [5.41, 5.74) is 0. The Kier molecular flexibility index (Phi) is 72.3. The number of hydrogen-bond acceptors (Lipinski definition) is 8. The first-order chi connectivity index (χ1) is 47.0. The lowest BCUT2D eigenvalue weighted by Gasteiger charge is -2.28. The molecule has 0 aliphatic heterocycles. The predicted molar refractivity (Wildman–Crippen MR) is 415 cm³/mol. The monoisotopic (exact) mass is 1360 g/mol. The molecule has 0 heterocycles. The Balaban J connectivity index is 3.97. The molecule has 0 rings (SSSR count). The average molecular weight is 1360 g/mol. The number of nitrogens with zero attached hydrogens (tertiary/aromatic N) is 1. The highest BCUT2D eigenvalue weighted by Gasteiger charge is 2.22. The molecule has 2 atom stereocenters. The van der Waals surface area contributed by atoms with E-state index in [9.17, 15) is 19.0 Å². The van der Waals surface area contributed by atoms with Gasteiger partial charge in [-0.2, -0.15) is 0 Å². The quantitative estimate of drug-likeness (QED) is 0.0195. The fourth-order valence-electron chi connectivity index (χ4n) is 11.2. The number of rotatable bonds is 73. The van der Waals surface area contributed by atoms with Gasteiger partial charge in [0, 0.05) is 12.8 Å². The normalized spacial score (nSPS) is 13.8. The van der Waals surface area contributed by atoms with Gasteiger partial charge in [-0.05, 0) is 109 Å². The number of quaternary nitrogens is 1. The number of phosphoric ester groups is 1. The fourth-order valence-corrected chi connectivity index (χ4v) is 11.9. The van der Waals surface area contributed by atoms with E-state index in [2.05, 4.69) is 148 Å². The highest BCUT2D eigenvalue weighted by Crippen LogP contribution is 2.38. The van der Waals surface area contributed by atoms with Gasteiger partial charge < -0.3 is 27.9 Å². The molecule has 0 fully saturated rings. The smallest absolute Gasteiger partial charge is 0.306 e. The van der Waals surface area contributed by atoms with Crippen LogP contribution in [0.1, 0.15) is 348 Å². The lowest BCUT2D eigenvalue weighted by molar-refractivity contribution is -0.870. The number of phosphoric acid groups is 1. The highest BCUT2D eigenvalue weighted by atomic mass is 31.2. The van der Waals surface area contributed by atoms with Crippen LogP contribution in [0.3, 0.4) is 0 Å². The molecule has 0 amide bonds. The van der Waals surface area contributed by atoms with Crippen LogP contribution >= 0.6 is 7.82 Å². The summed E-state index contributed by atoms with van der Waals surface area (Å²) in [5, 5.41) is 0. The van der Waals surface area contributed by atoms with Crippen LogP contribution in [0.15, 0.2) is 134 Å². The third-order valence-corrected chi connectivity index (χ3v) is 18.1. The number of hydrogen-bond donors (Lipinski definition) is 0. The second-order valence-electron chi connectivity index (χ2n) is 27.7. The molecule has 10 heteroatoms. The van der Waals surface area contributed by atoms with Crippen LogP contribution in [0, 0.1) is 0 Å². The van der Waals surface area contributed by atoms with Crippen LogP contribution in [0.4, 0.5) is 0 Å². The maximum absolute atomic E-state index is 12.9. The summed E-state index contributed by atoms with van der Waals surface area (Å²) < 4.78 is 34.4. The number of unbranched alkanes of at least 4 members (excludes halogenated alkanes) is 37. The largest absolute Gasteiger partial charge is 0.756 e. The molecule has 0 aromatic rings. The molecule has 0 aliphatic rings. The lowest BCUT2D eigenvalue weighted by Crippen LogP contribution is -2.37.